The average Bonchev–Trinajstić information content (AvgIpc) is 2.55. The molecule has 0 amide bonds. The van der Waals surface area contributed by atoms with Crippen molar-refractivity contribution in [3.63, 3.8) is 0 Å². The van der Waals surface area contributed by atoms with Crippen LogP contribution in [0.3, 0.4) is 0 Å². The molecule has 0 unspecified atom stereocenters. The van der Waals surface area contributed by atoms with Gasteiger partial charge in [0.15, 0.2) is 0 Å². The highest BCUT2D eigenvalue weighted by molar-refractivity contribution is 7.89. The van der Waals surface area contributed by atoms with Crippen LogP contribution in [0.1, 0.15) is 12.8 Å². The molecule has 1 aromatic rings. The first-order chi connectivity index (χ1) is 10.6. The summed E-state index contributed by atoms with van der Waals surface area (Å²) in [5.41, 5.74) is 0. The Morgan fingerprint density at radius 2 is 1.73 bits per heavy atom. The lowest BCUT2D eigenvalue weighted by Gasteiger charge is -2.31. The van der Waals surface area contributed by atoms with Crippen molar-refractivity contribution in [1.29, 1.82) is 0 Å². The predicted octanol–water partition coefficient (Wildman–Crippen LogP) is 1.51. The van der Waals surface area contributed by atoms with Crippen LogP contribution in [0.4, 0.5) is 0 Å². The Labute approximate surface area is 132 Å². The van der Waals surface area contributed by atoms with E-state index in [9.17, 15) is 8.42 Å². The minimum absolute atomic E-state index is 0.109. The van der Waals surface area contributed by atoms with Gasteiger partial charge in [-0.1, -0.05) is 0 Å². The van der Waals surface area contributed by atoms with Crippen molar-refractivity contribution in [3.05, 3.63) is 24.3 Å². The van der Waals surface area contributed by atoms with E-state index in [1.807, 2.05) is 0 Å². The summed E-state index contributed by atoms with van der Waals surface area (Å²) in [6.45, 7) is 2.06. The minimum atomic E-state index is -3.44. The van der Waals surface area contributed by atoms with Gasteiger partial charge in [0, 0.05) is 20.2 Å². The zero-order valence-corrected chi connectivity index (χ0v) is 13.8. The molecule has 6 nitrogen and oxygen atoms in total. The summed E-state index contributed by atoms with van der Waals surface area (Å²) < 4.78 is 42.3. The van der Waals surface area contributed by atoms with E-state index >= 15 is 0 Å². The molecule has 2 rings (SSSR count). The molecule has 1 fully saturated rings. The van der Waals surface area contributed by atoms with Crippen LogP contribution >= 0.6 is 0 Å². The Balaban J connectivity index is 1.94. The molecule has 0 aromatic heterocycles. The number of methoxy groups -OCH3 is 2. The summed E-state index contributed by atoms with van der Waals surface area (Å²) >= 11 is 0. The molecule has 1 aromatic carbocycles. The van der Waals surface area contributed by atoms with E-state index in [4.69, 9.17) is 14.2 Å². The molecule has 0 N–H and O–H groups in total. The summed E-state index contributed by atoms with van der Waals surface area (Å²) in [6.07, 6.45) is 1.52. The standard InChI is InChI=1S/C15H23NO5S/c1-19-11-12-21-14-7-9-16(10-8-14)22(17,18)15-5-3-13(20-2)4-6-15/h3-6,14H,7-12H2,1-2H3. The van der Waals surface area contributed by atoms with E-state index in [1.54, 1.807) is 38.5 Å². The number of ether oxygens (including phenoxy) is 3. The third-order valence-electron chi connectivity index (χ3n) is 3.74. The van der Waals surface area contributed by atoms with Gasteiger partial charge in [-0.05, 0) is 37.1 Å². The molecule has 0 saturated carbocycles. The van der Waals surface area contributed by atoms with Crippen molar-refractivity contribution in [2.75, 3.05) is 40.5 Å². The van der Waals surface area contributed by atoms with Gasteiger partial charge in [0.2, 0.25) is 10.0 Å². The zero-order valence-electron chi connectivity index (χ0n) is 13.0. The number of sulfonamides is 1. The summed E-state index contributed by atoms with van der Waals surface area (Å²) in [5.74, 6) is 0.643. The maximum atomic E-state index is 12.6. The van der Waals surface area contributed by atoms with Gasteiger partial charge < -0.3 is 14.2 Å². The van der Waals surface area contributed by atoms with Crippen LogP contribution in [0.5, 0.6) is 5.75 Å². The number of piperidine rings is 1. The molecular formula is C15H23NO5S. The summed E-state index contributed by atoms with van der Waals surface area (Å²) in [7, 11) is -0.252. The molecule has 0 atom stereocenters. The molecule has 0 aliphatic carbocycles. The molecule has 1 heterocycles. The molecule has 7 heteroatoms. The first-order valence-corrected chi connectivity index (χ1v) is 8.76. The zero-order chi connectivity index (χ0) is 16.0. The summed E-state index contributed by atoms with van der Waals surface area (Å²) in [4.78, 5) is 0.298. The lowest BCUT2D eigenvalue weighted by molar-refractivity contribution is -0.00501. The van der Waals surface area contributed by atoms with Crippen molar-refractivity contribution in [1.82, 2.24) is 4.31 Å². The Kier molecular flexibility index (Phi) is 6.19. The predicted molar refractivity (Wildman–Crippen MR) is 82.6 cm³/mol. The van der Waals surface area contributed by atoms with Gasteiger partial charge in [-0.25, -0.2) is 8.42 Å². The normalized spacial score (nSPS) is 17.5. The van der Waals surface area contributed by atoms with E-state index in [-0.39, 0.29) is 6.10 Å². The van der Waals surface area contributed by atoms with Gasteiger partial charge in [0.1, 0.15) is 5.75 Å². The van der Waals surface area contributed by atoms with Crippen LogP contribution in [0.15, 0.2) is 29.2 Å². The quantitative estimate of drug-likeness (QED) is 0.710. The molecule has 1 aliphatic rings. The largest absolute Gasteiger partial charge is 0.497 e. The maximum Gasteiger partial charge on any atom is 0.243 e. The monoisotopic (exact) mass is 329 g/mol. The Bertz CT molecular complexity index is 550. The van der Waals surface area contributed by atoms with Crippen molar-refractivity contribution >= 4 is 10.0 Å². The van der Waals surface area contributed by atoms with Gasteiger partial charge in [-0.3, -0.25) is 0 Å². The topological polar surface area (TPSA) is 65.1 Å². The fourth-order valence-corrected chi connectivity index (χ4v) is 3.90. The van der Waals surface area contributed by atoms with Gasteiger partial charge in [0.25, 0.3) is 0 Å². The second-order valence-electron chi connectivity index (χ2n) is 5.14. The van der Waals surface area contributed by atoms with Crippen LogP contribution in [-0.2, 0) is 19.5 Å². The first kappa shape index (κ1) is 17.2. The summed E-state index contributed by atoms with van der Waals surface area (Å²) in [6, 6.07) is 6.48. The molecular weight excluding hydrogens is 306 g/mol. The van der Waals surface area contributed by atoms with E-state index in [1.165, 1.54) is 4.31 Å². The third kappa shape index (κ3) is 4.19. The number of hydrogen-bond acceptors (Lipinski definition) is 5. The van der Waals surface area contributed by atoms with Crippen LogP contribution < -0.4 is 4.74 Å². The Morgan fingerprint density at radius 1 is 1.09 bits per heavy atom. The number of rotatable bonds is 7. The minimum Gasteiger partial charge on any atom is -0.497 e. The van der Waals surface area contributed by atoms with Crippen LogP contribution in [-0.4, -0.2) is 59.3 Å². The highest BCUT2D eigenvalue weighted by atomic mass is 32.2. The maximum absolute atomic E-state index is 12.6. The number of nitrogens with zero attached hydrogens (tertiary/aromatic N) is 1. The van der Waals surface area contributed by atoms with E-state index in [0.717, 1.165) is 0 Å². The molecule has 0 bridgehead atoms. The number of benzene rings is 1. The van der Waals surface area contributed by atoms with E-state index in [2.05, 4.69) is 0 Å². The summed E-state index contributed by atoms with van der Waals surface area (Å²) in [5, 5.41) is 0. The van der Waals surface area contributed by atoms with Gasteiger partial charge in [0.05, 0.1) is 31.3 Å². The molecule has 1 saturated heterocycles. The van der Waals surface area contributed by atoms with Gasteiger partial charge in [-0.15, -0.1) is 0 Å². The average molecular weight is 329 g/mol. The van der Waals surface area contributed by atoms with Crippen LogP contribution in [0.2, 0.25) is 0 Å². The van der Waals surface area contributed by atoms with Crippen molar-refractivity contribution in [2.24, 2.45) is 0 Å². The lowest BCUT2D eigenvalue weighted by atomic mass is 10.1. The fraction of sp³-hybridized carbons (Fsp3) is 0.600. The van der Waals surface area contributed by atoms with E-state index in [0.29, 0.717) is 49.8 Å². The van der Waals surface area contributed by atoms with Gasteiger partial charge in [-0.2, -0.15) is 4.31 Å². The molecule has 0 spiro atoms. The van der Waals surface area contributed by atoms with E-state index < -0.39 is 10.0 Å². The van der Waals surface area contributed by atoms with Crippen molar-refractivity contribution < 1.29 is 22.6 Å². The molecule has 1 aliphatic heterocycles. The van der Waals surface area contributed by atoms with Gasteiger partial charge >= 0.3 is 0 Å². The highest BCUT2D eigenvalue weighted by Gasteiger charge is 2.29. The lowest BCUT2D eigenvalue weighted by Crippen LogP contribution is -2.41. The molecule has 124 valence electrons. The Hall–Kier alpha value is -1.15. The number of hydrogen-bond donors (Lipinski definition) is 0. The molecule has 0 radical (unpaired) electrons. The van der Waals surface area contributed by atoms with Crippen molar-refractivity contribution in [3.8, 4) is 5.75 Å². The van der Waals surface area contributed by atoms with Crippen LogP contribution in [0.25, 0.3) is 0 Å². The fourth-order valence-electron chi connectivity index (χ4n) is 2.43. The molecule has 22 heavy (non-hydrogen) atoms. The SMILES string of the molecule is COCCOC1CCN(S(=O)(=O)c2ccc(OC)cc2)CC1. The second kappa shape index (κ2) is 7.92. The van der Waals surface area contributed by atoms with Crippen molar-refractivity contribution in [2.45, 2.75) is 23.8 Å². The second-order valence-corrected chi connectivity index (χ2v) is 7.08. The third-order valence-corrected chi connectivity index (χ3v) is 5.65. The van der Waals surface area contributed by atoms with Crippen LogP contribution in [0, 0.1) is 0 Å². The Morgan fingerprint density at radius 3 is 2.27 bits per heavy atom. The smallest absolute Gasteiger partial charge is 0.243 e. The first-order valence-electron chi connectivity index (χ1n) is 7.32. The highest BCUT2D eigenvalue weighted by Crippen LogP contribution is 2.23.